The lowest BCUT2D eigenvalue weighted by Gasteiger charge is -2.23. The molecule has 1 atom stereocenters. The lowest BCUT2D eigenvalue weighted by Crippen LogP contribution is -2.26. The summed E-state index contributed by atoms with van der Waals surface area (Å²) in [6.45, 7) is 6.27. The number of nitrogens with zero attached hydrogens (tertiary/aromatic N) is 4. The van der Waals surface area contributed by atoms with Gasteiger partial charge in [0.25, 0.3) is 0 Å². The standard InChI is InChI=1S/C13H17ClN4O2S/c1-13(2,3)6-8(12(19)20)7-18-11(15-16-17-18)10-9(14)4-5-21-10/h4-5,8H,6-7H2,1-3H3,(H,19,20). The fourth-order valence-electron chi connectivity index (χ4n) is 2.12. The van der Waals surface area contributed by atoms with Crippen LogP contribution in [0.15, 0.2) is 11.4 Å². The molecule has 0 aliphatic heterocycles. The van der Waals surface area contributed by atoms with Crippen LogP contribution in [0.1, 0.15) is 27.2 Å². The van der Waals surface area contributed by atoms with E-state index in [0.29, 0.717) is 17.3 Å². The van der Waals surface area contributed by atoms with Crippen LogP contribution in [0.4, 0.5) is 0 Å². The molecule has 8 heteroatoms. The molecule has 0 saturated carbocycles. The Bertz CT molecular complexity index is 632. The molecule has 2 aromatic rings. The Kier molecular flexibility index (Phi) is 4.63. The number of carbonyl (C=O) groups is 1. The largest absolute Gasteiger partial charge is 0.481 e. The molecule has 2 rings (SSSR count). The third-order valence-corrected chi connectivity index (χ3v) is 4.29. The van der Waals surface area contributed by atoms with Crippen molar-refractivity contribution in [2.75, 3.05) is 0 Å². The predicted octanol–water partition coefficient (Wildman–Crippen LogP) is 3.19. The zero-order chi connectivity index (χ0) is 15.6. The van der Waals surface area contributed by atoms with E-state index < -0.39 is 11.9 Å². The van der Waals surface area contributed by atoms with E-state index in [1.165, 1.54) is 16.0 Å². The molecular weight excluding hydrogens is 312 g/mol. The molecular formula is C13H17ClN4O2S. The van der Waals surface area contributed by atoms with Gasteiger partial charge in [-0.2, -0.15) is 0 Å². The van der Waals surface area contributed by atoms with Crippen LogP contribution in [-0.4, -0.2) is 31.3 Å². The molecule has 1 unspecified atom stereocenters. The van der Waals surface area contributed by atoms with Crippen LogP contribution in [0.2, 0.25) is 5.02 Å². The van der Waals surface area contributed by atoms with Gasteiger partial charge >= 0.3 is 5.97 Å². The van der Waals surface area contributed by atoms with E-state index in [9.17, 15) is 9.90 Å². The maximum absolute atomic E-state index is 11.5. The fourth-order valence-corrected chi connectivity index (χ4v) is 3.25. The molecule has 6 nitrogen and oxygen atoms in total. The van der Waals surface area contributed by atoms with Crippen molar-refractivity contribution in [3.05, 3.63) is 16.5 Å². The Morgan fingerprint density at radius 2 is 2.24 bits per heavy atom. The van der Waals surface area contributed by atoms with Gasteiger partial charge in [0.15, 0.2) is 5.82 Å². The van der Waals surface area contributed by atoms with E-state index in [1.54, 1.807) is 6.07 Å². The van der Waals surface area contributed by atoms with Crippen molar-refractivity contribution in [2.45, 2.75) is 33.7 Å². The molecule has 0 saturated heterocycles. The SMILES string of the molecule is CC(C)(C)CC(Cn1nnnc1-c1sccc1Cl)C(=O)O. The normalized spacial score (nSPS) is 13.3. The first-order chi connectivity index (χ1) is 9.78. The highest BCUT2D eigenvalue weighted by Crippen LogP contribution is 2.32. The number of rotatable bonds is 5. The highest BCUT2D eigenvalue weighted by molar-refractivity contribution is 7.14. The highest BCUT2D eigenvalue weighted by Gasteiger charge is 2.27. The molecule has 2 heterocycles. The van der Waals surface area contributed by atoms with Crippen molar-refractivity contribution in [2.24, 2.45) is 11.3 Å². The van der Waals surface area contributed by atoms with E-state index in [0.717, 1.165) is 4.88 Å². The molecule has 0 aliphatic carbocycles. The molecule has 0 fully saturated rings. The van der Waals surface area contributed by atoms with E-state index >= 15 is 0 Å². The molecule has 0 aliphatic rings. The maximum atomic E-state index is 11.5. The van der Waals surface area contributed by atoms with Crippen LogP contribution >= 0.6 is 22.9 Å². The van der Waals surface area contributed by atoms with Gasteiger partial charge in [0.2, 0.25) is 0 Å². The Labute approximate surface area is 131 Å². The molecule has 0 amide bonds. The summed E-state index contributed by atoms with van der Waals surface area (Å²) in [5.74, 6) is -0.884. The summed E-state index contributed by atoms with van der Waals surface area (Å²) in [5, 5.41) is 23.3. The first kappa shape index (κ1) is 15.9. The van der Waals surface area contributed by atoms with E-state index in [4.69, 9.17) is 11.6 Å². The molecule has 0 spiro atoms. The second-order valence-corrected chi connectivity index (χ2v) is 7.41. The smallest absolute Gasteiger partial charge is 0.308 e. The first-order valence-electron chi connectivity index (χ1n) is 6.50. The lowest BCUT2D eigenvalue weighted by atomic mass is 9.84. The average Bonchev–Trinajstić information content (AvgIpc) is 2.95. The molecule has 0 aromatic carbocycles. The number of tetrazole rings is 1. The Morgan fingerprint density at radius 1 is 1.52 bits per heavy atom. The van der Waals surface area contributed by atoms with E-state index in [1.807, 2.05) is 26.2 Å². The Morgan fingerprint density at radius 3 is 2.76 bits per heavy atom. The van der Waals surface area contributed by atoms with Gasteiger partial charge in [-0.1, -0.05) is 32.4 Å². The van der Waals surface area contributed by atoms with Crippen molar-refractivity contribution in [3.63, 3.8) is 0 Å². The molecule has 114 valence electrons. The highest BCUT2D eigenvalue weighted by atomic mass is 35.5. The summed E-state index contributed by atoms with van der Waals surface area (Å²) in [4.78, 5) is 12.2. The molecule has 0 bridgehead atoms. The van der Waals surface area contributed by atoms with Crippen LogP contribution in [0.3, 0.4) is 0 Å². The molecule has 0 radical (unpaired) electrons. The number of halogens is 1. The quantitative estimate of drug-likeness (QED) is 0.911. The van der Waals surface area contributed by atoms with Gasteiger partial charge in [0.05, 0.1) is 22.4 Å². The zero-order valence-electron chi connectivity index (χ0n) is 12.1. The maximum Gasteiger partial charge on any atom is 0.308 e. The van der Waals surface area contributed by atoms with Gasteiger partial charge < -0.3 is 5.11 Å². The minimum absolute atomic E-state index is 0.0855. The third kappa shape index (κ3) is 4.01. The van der Waals surface area contributed by atoms with Crippen LogP contribution in [0, 0.1) is 11.3 Å². The van der Waals surface area contributed by atoms with Crippen LogP contribution < -0.4 is 0 Å². The van der Waals surface area contributed by atoms with Crippen molar-refractivity contribution in [1.29, 1.82) is 0 Å². The number of thiophene rings is 1. The lowest BCUT2D eigenvalue weighted by molar-refractivity contribution is -0.143. The van der Waals surface area contributed by atoms with Crippen molar-refractivity contribution < 1.29 is 9.90 Å². The number of carboxylic acids is 1. The van der Waals surface area contributed by atoms with Crippen LogP contribution in [0.5, 0.6) is 0 Å². The zero-order valence-corrected chi connectivity index (χ0v) is 13.6. The van der Waals surface area contributed by atoms with Crippen LogP contribution in [0.25, 0.3) is 10.7 Å². The second-order valence-electron chi connectivity index (χ2n) is 6.08. The number of carboxylic acid groups (broad SMARTS) is 1. The van der Waals surface area contributed by atoms with Crippen molar-refractivity contribution >= 4 is 28.9 Å². The predicted molar refractivity (Wildman–Crippen MR) is 81.3 cm³/mol. The second kappa shape index (κ2) is 6.11. The van der Waals surface area contributed by atoms with Gasteiger partial charge in [0.1, 0.15) is 0 Å². The summed E-state index contributed by atoms with van der Waals surface area (Å²) >= 11 is 7.52. The van der Waals surface area contributed by atoms with E-state index in [2.05, 4.69) is 15.5 Å². The van der Waals surface area contributed by atoms with Crippen molar-refractivity contribution in [3.8, 4) is 10.7 Å². The topological polar surface area (TPSA) is 80.9 Å². The molecule has 21 heavy (non-hydrogen) atoms. The van der Waals surface area contributed by atoms with Crippen molar-refractivity contribution in [1.82, 2.24) is 20.2 Å². The summed E-state index contributed by atoms with van der Waals surface area (Å²) < 4.78 is 1.52. The summed E-state index contributed by atoms with van der Waals surface area (Å²) in [6, 6.07) is 1.77. The summed E-state index contributed by atoms with van der Waals surface area (Å²) in [7, 11) is 0. The number of aliphatic carboxylic acids is 1. The summed E-state index contributed by atoms with van der Waals surface area (Å²) in [6.07, 6.45) is 0.541. The van der Waals surface area contributed by atoms with Crippen LogP contribution in [-0.2, 0) is 11.3 Å². The van der Waals surface area contributed by atoms with Gasteiger partial charge in [0, 0.05) is 0 Å². The minimum Gasteiger partial charge on any atom is -0.481 e. The minimum atomic E-state index is -0.844. The first-order valence-corrected chi connectivity index (χ1v) is 7.76. The van der Waals surface area contributed by atoms with Gasteiger partial charge in [-0.25, -0.2) is 4.68 Å². The molecule has 1 N–H and O–H groups in total. The number of aromatic nitrogens is 4. The fraction of sp³-hybridized carbons (Fsp3) is 0.538. The average molecular weight is 329 g/mol. The summed E-state index contributed by atoms with van der Waals surface area (Å²) in [5.41, 5.74) is -0.0855. The third-order valence-electron chi connectivity index (χ3n) is 2.95. The monoisotopic (exact) mass is 328 g/mol. The van der Waals surface area contributed by atoms with E-state index in [-0.39, 0.29) is 12.0 Å². The van der Waals surface area contributed by atoms with Gasteiger partial charge in [-0.05, 0) is 33.7 Å². The number of hydrogen-bond donors (Lipinski definition) is 1. The Balaban J connectivity index is 2.25. The number of hydrogen-bond acceptors (Lipinski definition) is 5. The van der Waals surface area contributed by atoms with Gasteiger partial charge in [-0.3, -0.25) is 4.79 Å². The Hall–Kier alpha value is -1.47. The van der Waals surface area contributed by atoms with Gasteiger partial charge in [-0.15, -0.1) is 16.4 Å². The molecule has 2 aromatic heterocycles.